The van der Waals surface area contributed by atoms with Gasteiger partial charge in [-0.1, -0.05) is 12.1 Å². The van der Waals surface area contributed by atoms with E-state index in [0.717, 1.165) is 5.52 Å². The second-order valence-electron chi connectivity index (χ2n) is 7.15. The lowest BCUT2D eigenvalue weighted by Crippen LogP contribution is -2.51. The average molecular weight is 357 g/mol. The predicted molar refractivity (Wildman–Crippen MR) is 97.4 cm³/mol. The van der Waals surface area contributed by atoms with E-state index in [1.807, 2.05) is 45.0 Å². The summed E-state index contributed by atoms with van der Waals surface area (Å²) in [4.78, 5) is 32.0. The number of carbonyl (C=O) groups excluding carboxylic acids is 2. The van der Waals surface area contributed by atoms with Gasteiger partial charge in [-0.25, -0.2) is 9.78 Å². The van der Waals surface area contributed by atoms with Gasteiger partial charge in [0.05, 0.1) is 0 Å². The predicted octanol–water partition coefficient (Wildman–Crippen LogP) is 2.92. The summed E-state index contributed by atoms with van der Waals surface area (Å²) in [6.07, 6.45) is 2.68. The highest BCUT2D eigenvalue weighted by molar-refractivity contribution is 5.91. The van der Waals surface area contributed by atoms with Gasteiger partial charge in [-0.05, 0) is 32.9 Å². The van der Waals surface area contributed by atoms with Crippen molar-refractivity contribution in [2.24, 2.45) is 0 Å². The summed E-state index contributed by atoms with van der Waals surface area (Å²) >= 11 is 0. The lowest BCUT2D eigenvalue weighted by Gasteiger charge is -2.35. The van der Waals surface area contributed by atoms with Crippen LogP contribution in [0.15, 0.2) is 34.8 Å². The van der Waals surface area contributed by atoms with E-state index in [9.17, 15) is 9.59 Å². The highest BCUT2D eigenvalue weighted by atomic mass is 16.6. The standard InChI is InChI=1S/C19H23N3O4/c1-19(2,3)26-18(24)22-12-10-21(11-13-22)17(23)9-8-16-20-14-6-4-5-7-15(14)25-16/h4-9H,10-13H2,1-3H3/b9-8+. The molecular weight excluding hydrogens is 334 g/mol. The second-order valence-corrected chi connectivity index (χ2v) is 7.15. The highest BCUT2D eigenvalue weighted by Gasteiger charge is 2.26. The number of hydrogen-bond donors (Lipinski definition) is 0. The van der Waals surface area contributed by atoms with E-state index in [4.69, 9.17) is 9.15 Å². The molecule has 0 bridgehead atoms. The number of piperazine rings is 1. The average Bonchev–Trinajstić information content (AvgIpc) is 3.01. The first kappa shape index (κ1) is 18.0. The van der Waals surface area contributed by atoms with Crippen LogP contribution in [-0.4, -0.2) is 58.6 Å². The molecule has 0 aliphatic carbocycles. The molecule has 26 heavy (non-hydrogen) atoms. The normalized spacial score (nSPS) is 15.7. The van der Waals surface area contributed by atoms with Crippen LogP contribution >= 0.6 is 0 Å². The molecule has 3 rings (SSSR count). The monoisotopic (exact) mass is 357 g/mol. The number of fused-ring (bicyclic) bond motifs is 1. The van der Waals surface area contributed by atoms with Crippen molar-refractivity contribution in [3.05, 3.63) is 36.2 Å². The molecular formula is C19H23N3O4. The minimum atomic E-state index is -0.521. The number of hydrogen-bond acceptors (Lipinski definition) is 5. The third-order valence-corrected chi connectivity index (χ3v) is 3.92. The Bertz CT molecular complexity index is 794. The van der Waals surface area contributed by atoms with Crippen LogP contribution in [0.1, 0.15) is 26.7 Å². The Hall–Kier alpha value is -2.83. The molecule has 7 heteroatoms. The fourth-order valence-corrected chi connectivity index (χ4v) is 2.65. The number of ether oxygens (including phenoxy) is 1. The maximum Gasteiger partial charge on any atom is 0.410 e. The summed E-state index contributed by atoms with van der Waals surface area (Å²) in [5.74, 6) is 0.267. The molecule has 0 N–H and O–H groups in total. The number of oxazole rings is 1. The van der Waals surface area contributed by atoms with E-state index in [0.29, 0.717) is 37.7 Å². The molecule has 0 unspecified atom stereocenters. The van der Waals surface area contributed by atoms with Crippen LogP contribution < -0.4 is 0 Å². The first-order valence-corrected chi connectivity index (χ1v) is 8.62. The van der Waals surface area contributed by atoms with Gasteiger partial charge in [-0.2, -0.15) is 0 Å². The van der Waals surface area contributed by atoms with Crippen LogP contribution in [0.4, 0.5) is 4.79 Å². The first-order chi connectivity index (χ1) is 12.3. The molecule has 1 saturated heterocycles. The van der Waals surface area contributed by atoms with Gasteiger partial charge < -0.3 is 19.0 Å². The SMILES string of the molecule is CC(C)(C)OC(=O)N1CCN(C(=O)/C=C/c2nc3ccccc3o2)CC1. The third kappa shape index (κ3) is 4.41. The Morgan fingerprint density at radius 2 is 1.77 bits per heavy atom. The van der Waals surface area contributed by atoms with Crippen LogP contribution in [0.25, 0.3) is 17.2 Å². The van der Waals surface area contributed by atoms with Crippen molar-refractivity contribution in [1.29, 1.82) is 0 Å². The second kappa shape index (κ2) is 7.19. The quantitative estimate of drug-likeness (QED) is 0.773. The van der Waals surface area contributed by atoms with Crippen LogP contribution in [0.2, 0.25) is 0 Å². The van der Waals surface area contributed by atoms with Crippen molar-refractivity contribution in [3.63, 3.8) is 0 Å². The summed E-state index contributed by atoms with van der Waals surface area (Å²) in [6, 6.07) is 7.44. The summed E-state index contributed by atoms with van der Waals surface area (Å²) in [5, 5.41) is 0. The number of benzene rings is 1. The zero-order chi connectivity index (χ0) is 18.7. The summed E-state index contributed by atoms with van der Waals surface area (Å²) < 4.78 is 10.9. The molecule has 0 spiro atoms. The number of rotatable bonds is 2. The van der Waals surface area contributed by atoms with Crippen LogP contribution in [0.5, 0.6) is 0 Å². The number of carbonyl (C=O) groups is 2. The van der Waals surface area contributed by atoms with Gasteiger partial charge in [0, 0.05) is 38.3 Å². The number of para-hydroxylation sites is 2. The Labute approximate surface area is 152 Å². The van der Waals surface area contributed by atoms with Crippen LogP contribution in [0, 0.1) is 0 Å². The Morgan fingerprint density at radius 1 is 1.12 bits per heavy atom. The molecule has 2 amide bonds. The molecule has 0 saturated carbocycles. The summed E-state index contributed by atoms with van der Waals surface area (Å²) in [6.45, 7) is 7.35. The van der Waals surface area contributed by atoms with Gasteiger partial charge in [-0.15, -0.1) is 0 Å². The van der Waals surface area contributed by atoms with E-state index in [1.54, 1.807) is 15.9 Å². The van der Waals surface area contributed by atoms with Crippen molar-refractivity contribution in [1.82, 2.24) is 14.8 Å². The van der Waals surface area contributed by atoms with Crippen LogP contribution in [0.3, 0.4) is 0 Å². The Morgan fingerprint density at radius 3 is 2.42 bits per heavy atom. The van der Waals surface area contributed by atoms with Gasteiger partial charge in [0.2, 0.25) is 11.8 Å². The highest BCUT2D eigenvalue weighted by Crippen LogP contribution is 2.16. The largest absolute Gasteiger partial charge is 0.444 e. The van der Waals surface area contributed by atoms with Gasteiger partial charge >= 0.3 is 6.09 Å². The van der Waals surface area contributed by atoms with E-state index in [2.05, 4.69) is 4.98 Å². The zero-order valence-electron chi connectivity index (χ0n) is 15.3. The molecule has 138 valence electrons. The first-order valence-electron chi connectivity index (χ1n) is 8.62. The molecule has 7 nitrogen and oxygen atoms in total. The van der Waals surface area contributed by atoms with E-state index in [-0.39, 0.29) is 12.0 Å². The maximum atomic E-state index is 12.3. The van der Waals surface area contributed by atoms with Crippen molar-refractivity contribution >= 4 is 29.2 Å². The fraction of sp³-hybridized carbons (Fsp3) is 0.421. The van der Waals surface area contributed by atoms with Gasteiger partial charge in [-0.3, -0.25) is 4.79 Å². The molecule has 1 aromatic carbocycles. The number of nitrogens with zero attached hydrogens (tertiary/aromatic N) is 3. The van der Waals surface area contributed by atoms with E-state index < -0.39 is 5.60 Å². The molecule has 1 aliphatic heterocycles. The molecule has 0 atom stereocenters. The van der Waals surface area contributed by atoms with Gasteiger partial charge in [0.15, 0.2) is 5.58 Å². The molecule has 0 radical (unpaired) electrons. The van der Waals surface area contributed by atoms with Crippen molar-refractivity contribution in [3.8, 4) is 0 Å². The summed E-state index contributed by atoms with van der Waals surface area (Å²) in [7, 11) is 0. The van der Waals surface area contributed by atoms with Crippen molar-refractivity contribution in [2.45, 2.75) is 26.4 Å². The minimum Gasteiger partial charge on any atom is -0.444 e. The van der Waals surface area contributed by atoms with E-state index >= 15 is 0 Å². The third-order valence-electron chi connectivity index (χ3n) is 3.92. The molecule has 1 aromatic heterocycles. The topological polar surface area (TPSA) is 75.9 Å². The van der Waals surface area contributed by atoms with Crippen molar-refractivity contribution in [2.75, 3.05) is 26.2 Å². The number of aromatic nitrogens is 1. The molecule has 2 aromatic rings. The molecule has 2 heterocycles. The van der Waals surface area contributed by atoms with E-state index in [1.165, 1.54) is 6.08 Å². The molecule has 1 fully saturated rings. The summed E-state index contributed by atoms with van der Waals surface area (Å²) in [5.41, 5.74) is 0.919. The molecule has 1 aliphatic rings. The van der Waals surface area contributed by atoms with Crippen molar-refractivity contribution < 1.29 is 18.7 Å². The Balaban J connectivity index is 1.54. The van der Waals surface area contributed by atoms with Crippen LogP contribution in [-0.2, 0) is 9.53 Å². The smallest absolute Gasteiger partial charge is 0.410 e. The minimum absolute atomic E-state index is 0.129. The van der Waals surface area contributed by atoms with Gasteiger partial charge in [0.25, 0.3) is 0 Å². The Kier molecular flexibility index (Phi) is 4.97. The maximum absolute atomic E-state index is 12.3. The zero-order valence-corrected chi connectivity index (χ0v) is 15.3. The lowest BCUT2D eigenvalue weighted by atomic mass is 10.2. The fourth-order valence-electron chi connectivity index (χ4n) is 2.65. The van der Waals surface area contributed by atoms with Gasteiger partial charge in [0.1, 0.15) is 11.1 Å². The lowest BCUT2D eigenvalue weighted by molar-refractivity contribution is -0.127. The number of amides is 2.